The summed E-state index contributed by atoms with van der Waals surface area (Å²) in [7, 11) is 0. The van der Waals surface area contributed by atoms with Crippen molar-refractivity contribution in [3.05, 3.63) is 101 Å². The Hall–Kier alpha value is -4.31. The minimum Gasteiger partial charge on any atom is -0.419 e. The van der Waals surface area contributed by atoms with Crippen molar-refractivity contribution in [1.29, 1.82) is 0 Å². The van der Waals surface area contributed by atoms with Gasteiger partial charge in [-0.15, -0.1) is 10.2 Å². The first-order chi connectivity index (χ1) is 19.4. The number of anilines is 1. The molecule has 3 heterocycles. The van der Waals surface area contributed by atoms with Crippen molar-refractivity contribution in [2.45, 2.75) is 19.0 Å². The van der Waals surface area contributed by atoms with E-state index in [1.165, 1.54) is 0 Å². The van der Waals surface area contributed by atoms with Crippen molar-refractivity contribution in [3.63, 3.8) is 0 Å². The van der Waals surface area contributed by atoms with Crippen LogP contribution in [-0.2, 0) is 28.5 Å². The number of aromatic nitrogens is 3. The molecule has 0 unspecified atom stereocenters. The number of pyridine rings is 1. The smallest absolute Gasteiger partial charge is 0.417 e. The summed E-state index contributed by atoms with van der Waals surface area (Å²) in [5.74, 6) is -0.311. The van der Waals surface area contributed by atoms with E-state index in [4.69, 9.17) is 9.15 Å². The molecule has 0 saturated carbocycles. The Morgan fingerprint density at radius 3 is 2.50 bits per heavy atom. The maximum absolute atomic E-state index is 13.5. The zero-order chi connectivity index (χ0) is 27.7. The third kappa shape index (κ3) is 5.27. The molecule has 1 aliphatic carbocycles. The highest BCUT2D eigenvalue weighted by atomic mass is 19.4. The van der Waals surface area contributed by atoms with Gasteiger partial charge in [0.1, 0.15) is 5.78 Å². The lowest BCUT2D eigenvalue weighted by Crippen LogP contribution is -2.36. The van der Waals surface area contributed by atoms with Gasteiger partial charge in [0.05, 0.1) is 24.5 Å². The fraction of sp³-hybridized carbons (Fsp3) is 0.267. The molecular weight excluding hydrogens is 521 g/mol. The molecule has 2 aromatic heterocycles. The van der Waals surface area contributed by atoms with Gasteiger partial charge in [0, 0.05) is 38.0 Å². The second-order valence-electron chi connectivity index (χ2n) is 9.75. The predicted octanol–water partition coefficient (Wildman–Crippen LogP) is 5.40. The number of Topliss-reactive ketones (excluding diaryl/α,β-unsaturated/α-hetero) is 1. The molecule has 0 bridgehead atoms. The van der Waals surface area contributed by atoms with Crippen molar-refractivity contribution in [2.75, 3.05) is 31.2 Å². The number of carbonyl (C=O) groups is 1. The van der Waals surface area contributed by atoms with Crippen molar-refractivity contribution in [3.8, 4) is 11.6 Å². The third-order valence-corrected chi connectivity index (χ3v) is 7.15. The average Bonchev–Trinajstić information content (AvgIpc) is 3.38. The summed E-state index contributed by atoms with van der Waals surface area (Å²) in [5.41, 5.74) is 3.44. The van der Waals surface area contributed by atoms with Crippen LogP contribution in [0.4, 0.5) is 18.9 Å². The number of morpholine rings is 1. The van der Waals surface area contributed by atoms with E-state index in [2.05, 4.69) is 15.2 Å². The molecule has 6 rings (SSSR count). The van der Waals surface area contributed by atoms with Crippen LogP contribution in [0.3, 0.4) is 0 Å². The Morgan fingerprint density at radius 1 is 0.975 bits per heavy atom. The number of hydrogen-bond donors (Lipinski definition) is 0. The van der Waals surface area contributed by atoms with E-state index in [9.17, 15) is 18.0 Å². The number of benzene rings is 2. The van der Waals surface area contributed by atoms with Crippen LogP contribution in [0.25, 0.3) is 17.2 Å². The molecule has 2 aromatic carbocycles. The normalized spacial score (nSPS) is 17.8. The van der Waals surface area contributed by atoms with E-state index in [1.54, 1.807) is 4.90 Å². The molecule has 10 heteroatoms. The first-order valence-electron chi connectivity index (χ1n) is 13.0. The van der Waals surface area contributed by atoms with Crippen molar-refractivity contribution >= 4 is 17.0 Å². The van der Waals surface area contributed by atoms with Gasteiger partial charge < -0.3 is 14.1 Å². The van der Waals surface area contributed by atoms with Gasteiger partial charge in [0.2, 0.25) is 5.89 Å². The molecule has 1 aliphatic heterocycles. The molecule has 0 N–H and O–H groups in total. The molecule has 1 saturated heterocycles. The minimum atomic E-state index is -4.55. The van der Waals surface area contributed by atoms with E-state index < -0.39 is 17.7 Å². The summed E-state index contributed by atoms with van der Waals surface area (Å²) >= 11 is 0. The Balaban J connectivity index is 1.34. The third-order valence-electron chi connectivity index (χ3n) is 7.15. The number of allylic oxidation sites excluding steroid dienone is 1. The Labute approximate surface area is 228 Å². The summed E-state index contributed by atoms with van der Waals surface area (Å²) in [6.07, 6.45) is -1.42. The Bertz CT molecular complexity index is 1560. The quantitative estimate of drug-likeness (QED) is 0.332. The van der Waals surface area contributed by atoms with Gasteiger partial charge in [-0.3, -0.25) is 4.79 Å². The molecule has 4 aromatic rings. The highest BCUT2D eigenvalue weighted by Gasteiger charge is 2.34. The van der Waals surface area contributed by atoms with E-state index in [-0.39, 0.29) is 41.8 Å². The number of alkyl halides is 3. The van der Waals surface area contributed by atoms with Gasteiger partial charge in [0.25, 0.3) is 5.89 Å². The summed E-state index contributed by atoms with van der Waals surface area (Å²) in [6.45, 7) is 1.57. The van der Waals surface area contributed by atoms with Crippen molar-refractivity contribution in [2.24, 2.45) is 5.92 Å². The fourth-order valence-electron chi connectivity index (χ4n) is 5.12. The van der Waals surface area contributed by atoms with Crippen LogP contribution < -0.4 is 4.90 Å². The number of hydrogen-bond acceptors (Lipinski definition) is 7. The van der Waals surface area contributed by atoms with Gasteiger partial charge in [0.15, 0.2) is 5.69 Å². The summed E-state index contributed by atoms with van der Waals surface area (Å²) < 4.78 is 51.7. The highest BCUT2D eigenvalue weighted by molar-refractivity contribution is 5.94. The predicted molar refractivity (Wildman–Crippen MR) is 141 cm³/mol. The van der Waals surface area contributed by atoms with Crippen LogP contribution in [0.15, 0.2) is 77.4 Å². The lowest BCUT2D eigenvalue weighted by molar-refractivity contribution is -0.137. The number of nitrogens with zero attached hydrogens (tertiary/aromatic N) is 4. The summed E-state index contributed by atoms with van der Waals surface area (Å²) in [4.78, 5) is 19.2. The zero-order valence-electron chi connectivity index (χ0n) is 21.4. The van der Waals surface area contributed by atoms with Gasteiger partial charge >= 0.3 is 6.18 Å². The first kappa shape index (κ1) is 25.9. The fourth-order valence-corrected chi connectivity index (χ4v) is 5.12. The molecule has 0 radical (unpaired) electrons. The number of ketones is 1. The molecule has 204 valence electrons. The van der Waals surface area contributed by atoms with Gasteiger partial charge in [-0.25, -0.2) is 4.98 Å². The maximum Gasteiger partial charge on any atom is 0.417 e. The maximum atomic E-state index is 13.5. The van der Waals surface area contributed by atoms with Crippen molar-refractivity contribution in [1.82, 2.24) is 15.2 Å². The average molecular weight is 547 g/mol. The molecule has 0 spiro atoms. The van der Waals surface area contributed by atoms with E-state index in [1.807, 2.05) is 60.7 Å². The number of halogens is 3. The van der Waals surface area contributed by atoms with Gasteiger partial charge in [-0.05, 0) is 28.3 Å². The van der Waals surface area contributed by atoms with Crippen molar-refractivity contribution < 1.29 is 27.1 Å². The molecule has 40 heavy (non-hydrogen) atoms. The largest absolute Gasteiger partial charge is 0.419 e. The molecule has 0 amide bonds. The van der Waals surface area contributed by atoms with Crippen LogP contribution in [-0.4, -0.2) is 47.3 Å². The molecular formula is C30H25F3N4O3. The Kier molecular flexibility index (Phi) is 6.93. The SMILES string of the molecule is O=C1Cc2ccccc2C(c2ccccc2)=C[C@@H]1Cc1nnc(-c2ncc(C(F)(F)F)cc2N2CCOCC2)o1. The molecule has 7 nitrogen and oxygen atoms in total. The number of carbonyl (C=O) groups excluding carboxylic acids is 1. The summed E-state index contributed by atoms with van der Waals surface area (Å²) in [6, 6.07) is 18.7. The van der Waals surface area contributed by atoms with Crippen LogP contribution in [0.1, 0.15) is 28.1 Å². The van der Waals surface area contributed by atoms with Crippen LogP contribution in [0.5, 0.6) is 0 Å². The topological polar surface area (TPSA) is 81.4 Å². The molecule has 1 fully saturated rings. The summed E-state index contributed by atoms with van der Waals surface area (Å²) in [5, 5.41) is 8.27. The van der Waals surface area contributed by atoms with Gasteiger partial charge in [-0.1, -0.05) is 60.7 Å². The second kappa shape index (κ2) is 10.7. The lowest BCUT2D eigenvalue weighted by atomic mass is 9.93. The van der Waals surface area contributed by atoms with E-state index >= 15 is 0 Å². The standard InChI is InChI=1S/C30H25F3N4O3/c31-30(32,33)22-17-25(37-10-12-39-13-11-37)28(34-18-22)29-36-35-27(40-29)16-21-14-24(19-6-2-1-3-7-19)23-9-5-4-8-20(23)15-26(21)38/h1-9,14,17-18,21H,10-13,15-16H2/t21-/m1/s1. The van der Waals surface area contributed by atoms with E-state index in [0.717, 1.165) is 34.5 Å². The van der Waals surface area contributed by atoms with Crippen LogP contribution in [0, 0.1) is 5.92 Å². The Morgan fingerprint density at radius 2 is 1.73 bits per heavy atom. The van der Waals surface area contributed by atoms with Gasteiger partial charge in [-0.2, -0.15) is 13.2 Å². The first-order valence-corrected chi connectivity index (χ1v) is 13.0. The highest BCUT2D eigenvalue weighted by Crippen LogP contribution is 2.37. The lowest BCUT2D eigenvalue weighted by Gasteiger charge is -2.30. The zero-order valence-corrected chi connectivity index (χ0v) is 21.4. The number of ether oxygens (including phenoxy) is 1. The molecule has 1 atom stereocenters. The number of fused-ring (bicyclic) bond motifs is 1. The van der Waals surface area contributed by atoms with E-state index in [0.29, 0.717) is 26.3 Å². The van der Waals surface area contributed by atoms with Crippen LogP contribution >= 0.6 is 0 Å². The van der Waals surface area contributed by atoms with Crippen LogP contribution in [0.2, 0.25) is 0 Å². The number of rotatable bonds is 5. The minimum absolute atomic E-state index is 0.00170. The molecule has 2 aliphatic rings. The second-order valence-corrected chi connectivity index (χ2v) is 9.75. The monoisotopic (exact) mass is 546 g/mol.